The van der Waals surface area contributed by atoms with Gasteiger partial charge in [-0.1, -0.05) is 18.2 Å². The molecule has 0 saturated carbocycles. The fourth-order valence-electron chi connectivity index (χ4n) is 3.38. The molecule has 0 spiro atoms. The molecule has 2 heterocycles. The summed E-state index contributed by atoms with van der Waals surface area (Å²) in [6, 6.07) is 7.22. The number of para-hydroxylation sites is 1. The Morgan fingerprint density at radius 2 is 2.20 bits per heavy atom. The molecule has 0 bridgehead atoms. The molecule has 1 aliphatic rings. The first-order chi connectivity index (χ1) is 9.70. The van der Waals surface area contributed by atoms with Crippen molar-refractivity contribution in [2.24, 2.45) is 0 Å². The largest absolute Gasteiger partial charge is 0.383 e. The lowest BCUT2D eigenvalue weighted by Crippen LogP contribution is -2.32. The molecule has 0 unspecified atom stereocenters. The molecule has 1 saturated heterocycles. The van der Waals surface area contributed by atoms with Gasteiger partial charge in [-0.2, -0.15) is 0 Å². The minimum atomic E-state index is 0.576. The van der Waals surface area contributed by atoms with E-state index in [4.69, 9.17) is 4.74 Å². The number of hydrogen-bond acceptors (Lipinski definition) is 2. The summed E-state index contributed by atoms with van der Waals surface area (Å²) in [7, 11) is 1.80. The van der Waals surface area contributed by atoms with E-state index >= 15 is 0 Å². The molecule has 1 aliphatic heterocycles. The van der Waals surface area contributed by atoms with Crippen molar-refractivity contribution in [3.8, 4) is 0 Å². The lowest BCUT2D eigenvalue weighted by molar-refractivity contribution is 0.112. The number of likely N-dealkylation sites (tertiary alicyclic amines) is 1. The van der Waals surface area contributed by atoms with Gasteiger partial charge in [0.05, 0.1) is 12.1 Å². The molecule has 108 valence electrons. The Morgan fingerprint density at radius 1 is 1.35 bits per heavy atom. The zero-order valence-corrected chi connectivity index (χ0v) is 12.7. The smallest absolute Gasteiger partial charge is 0.0618 e. The van der Waals surface area contributed by atoms with E-state index < -0.39 is 0 Å². The number of ether oxygens (including phenoxy) is 1. The number of fused-ring (bicyclic) bond motifs is 1. The van der Waals surface area contributed by atoms with Crippen LogP contribution in [0.5, 0.6) is 0 Å². The minimum Gasteiger partial charge on any atom is -0.383 e. The normalized spacial score (nSPS) is 20.1. The van der Waals surface area contributed by atoms with Crippen LogP contribution in [0.2, 0.25) is 0 Å². The summed E-state index contributed by atoms with van der Waals surface area (Å²) in [6.45, 7) is 7.40. The van der Waals surface area contributed by atoms with Gasteiger partial charge in [-0.15, -0.1) is 0 Å². The van der Waals surface area contributed by atoms with E-state index in [0.717, 1.165) is 13.2 Å². The second-order valence-corrected chi connectivity index (χ2v) is 5.94. The van der Waals surface area contributed by atoms with Crippen molar-refractivity contribution in [1.82, 2.24) is 9.88 Å². The number of aryl methyl sites for hydroxylation is 2. The lowest BCUT2D eigenvalue weighted by atomic mass is 10.1. The Bertz CT molecular complexity index is 602. The molecule has 1 N–H and O–H groups in total. The monoisotopic (exact) mass is 272 g/mol. The fraction of sp³-hybridized carbons (Fsp3) is 0.529. The highest BCUT2D eigenvalue weighted by Gasteiger charge is 2.24. The number of H-pyrrole nitrogens is 1. The van der Waals surface area contributed by atoms with E-state index in [9.17, 15) is 0 Å². The lowest BCUT2D eigenvalue weighted by Gasteiger charge is -2.24. The van der Waals surface area contributed by atoms with E-state index in [-0.39, 0.29) is 0 Å². The van der Waals surface area contributed by atoms with Crippen LogP contribution in [0.25, 0.3) is 10.9 Å². The van der Waals surface area contributed by atoms with Gasteiger partial charge in [0.25, 0.3) is 0 Å². The first kappa shape index (κ1) is 13.7. The summed E-state index contributed by atoms with van der Waals surface area (Å²) in [5, 5.41) is 1.36. The number of benzene rings is 1. The van der Waals surface area contributed by atoms with Crippen LogP contribution in [0.15, 0.2) is 18.2 Å². The second kappa shape index (κ2) is 5.58. The third-order valence-corrected chi connectivity index (χ3v) is 4.66. The molecule has 1 atom stereocenters. The van der Waals surface area contributed by atoms with Gasteiger partial charge in [0.15, 0.2) is 0 Å². The number of rotatable bonds is 4. The van der Waals surface area contributed by atoms with Crippen LogP contribution in [0.3, 0.4) is 0 Å². The Balaban J connectivity index is 1.89. The van der Waals surface area contributed by atoms with Crippen LogP contribution in [-0.4, -0.2) is 36.2 Å². The van der Waals surface area contributed by atoms with Crippen molar-refractivity contribution in [2.45, 2.75) is 39.3 Å². The van der Waals surface area contributed by atoms with Gasteiger partial charge in [0.1, 0.15) is 0 Å². The molecule has 0 amide bonds. The Labute approximate surface area is 120 Å². The van der Waals surface area contributed by atoms with Crippen LogP contribution in [-0.2, 0) is 11.3 Å². The third-order valence-electron chi connectivity index (χ3n) is 4.66. The van der Waals surface area contributed by atoms with Crippen molar-refractivity contribution in [2.75, 3.05) is 20.3 Å². The van der Waals surface area contributed by atoms with Gasteiger partial charge < -0.3 is 9.72 Å². The van der Waals surface area contributed by atoms with Crippen molar-refractivity contribution in [1.29, 1.82) is 0 Å². The molecule has 1 fully saturated rings. The zero-order valence-electron chi connectivity index (χ0n) is 12.7. The summed E-state index contributed by atoms with van der Waals surface area (Å²) in [5.41, 5.74) is 5.37. The van der Waals surface area contributed by atoms with Crippen LogP contribution < -0.4 is 0 Å². The van der Waals surface area contributed by atoms with Gasteiger partial charge >= 0.3 is 0 Å². The maximum atomic E-state index is 5.35. The number of aromatic amines is 1. The predicted molar refractivity (Wildman–Crippen MR) is 83.1 cm³/mol. The number of methoxy groups -OCH3 is 1. The van der Waals surface area contributed by atoms with E-state index in [1.807, 2.05) is 0 Å². The van der Waals surface area contributed by atoms with Crippen LogP contribution in [0.4, 0.5) is 0 Å². The van der Waals surface area contributed by atoms with E-state index in [0.29, 0.717) is 6.04 Å². The third kappa shape index (κ3) is 2.36. The summed E-state index contributed by atoms with van der Waals surface area (Å²) < 4.78 is 5.35. The number of nitrogens with one attached hydrogen (secondary N) is 1. The average molecular weight is 272 g/mol. The highest BCUT2D eigenvalue weighted by molar-refractivity contribution is 5.87. The highest BCUT2D eigenvalue weighted by atomic mass is 16.5. The maximum Gasteiger partial charge on any atom is 0.0618 e. The molecule has 1 aromatic carbocycles. The van der Waals surface area contributed by atoms with E-state index in [1.165, 1.54) is 47.1 Å². The minimum absolute atomic E-state index is 0.576. The number of nitrogens with zero attached hydrogens (tertiary/aromatic N) is 1. The quantitative estimate of drug-likeness (QED) is 0.924. The van der Waals surface area contributed by atoms with E-state index in [2.05, 4.69) is 41.9 Å². The summed E-state index contributed by atoms with van der Waals surface area (Å²) in [4.78, 5) is 6.12. The van der Waals surface area contributed by atoms with Gasteiger partial charge in [-0.25, -0.2) is 0 Å². The summed E-state index contributed by atoms with van der Waals surface area (Å²) in [6.07, 6.45) is 2.54. The molecule has 3 rings (SSSR count). The predicted octanol–water partition coefficient (Wildman–Crippen LogP) is 3.40. The topological polar surface area (TPSA) is 28.3 Å². The Hall–Kier alpha value is -1.32. The molecule has 0 radical (unpaired) electrons. The highest BCUT2D eigenvalue weighted by Crippen LogP contribution is 2.27. The molecule has 20 heavy (non-hydrogen) atoms. The van der Waals surface area contributed by atoms with E-state index in [1.54, 1.807) is 7.11 Å². The van der Waals surface area contributed by atoms with Crippen molar-refractivity contribution in [3.05, 3.63) is 35.0 Å². The summed E-state index contributed by atoms with van der Waals surface area (Å²) >= 11 is 0. The zero-order chi connectivity index (χ0) is 14.1. The van der Waals surface area contributed by atoms with Crippen LogP contribution >= 0.6 is 0 Å². The summed E-state index contributed by atoms with van der Waals surface area (Å²) in [5.74, 6) is 0. The molecule has 2 aromatic rings. The first-order valence-corrected chi connectivity index (χ1v) is 7.50. The first-order valence-electron chi connectivity index (χ1n) is 7.50. The molecule has 0 aliphatic carbocycles. The van der Waals surface area contributed by atoms with Gasteiger partial charge in [-0.05, 0) is 44.4 Å². The van der Waals surface area contributed by atoms with Gasteiger partial charge in [-0.3, -0.25) is 4.90 Å². The Kier molecular flexibility index (Phi) is 3.81. The number of hydrogen-bond donors (Lipinski definition) is 1. The van der Waals surface area contributed by atoms with Crippen molar-refractivity contribution < 1.29 is 4.74 Å². The molecule has 3 nitrogen and oxygen atoms in total. The van der Waals surface area contributed by atoms with Crippen LogP contribution in [0.1, 0.15) is 29.7 Å². The molecular formula is C17H24N2O. The fourth-order valence-corrected chi connectivity index (χ4v) is 3.38. The van der Waals surface area contributed by atoms with Crippen LogP contribution in [0, 0.1) is 13.8 Å². The second-order valence-electron chi connectivity index (χ2n) is 5.94. The average Bonchev–Trinajstić information content (AvgIpc) is 2.98. The molecule has 1 aromatic heterocycles. The standard InChI is InChI=1S/C17H24N2O/c1-12-13(2)18-17-14(6-4-8-16(12)17)10-19-9-5-7-15(19)11-20-3/h4,6,8,15,18H,5,7,9-11H2,1-3H3/t15-/m0/s1. The molecular weight excluding hydrogens is 248 g/mol. The van der Waals surface area contributed by atoms with Crippen molar-refractivity contribution in [3.63, 3.8) is 0 Å². The Morgan fingerprint density at radius 3 is 3.00 bits per heavy atom. The molecule has 3 heteroatoms. The SMILES string of the molecule is COC[C@@H]1CCCN1Cc1cccc2c(C)c(C)[nH]c12. The van der Waals surface area contributed by atoms with Gasteiger partial charge in [0, 0.05) is 30.8 Å². The van der Waals surface area contributed by atoms with Crippen molar-refractivity contribution >= 4 is 10.9 Å². The maximum absolute atomic E-state index is 5.35. The number of aromatic nitrogens is 1. The van der Waals surface area contributed by atoms with Gasteiger partial charge in [0.2, 0.25) is 0 Å².